The Kier molecular flexibility index (Phi) is 2.72. The van der Waals surface area contributed by atoms with E-state index in [2.05, 4.69) is 9.97 Å². The summed E-state index contributed by atoms with van der Waals surface area (Å²) in [6.07, 6.45) is 10.6. The van der Waals surface area contributed by atoms with Crippen molar-refractivity contribution in [2.75, 3.05) is 0 Å². The second-order valence-electron chi connectivity index (χ2n) is 6.53. The highest BCUT2D eigenvalue weighted by atomic mass is 16.5. The van der Waals surface area contributed by atoms with Gasteiger partial charge in [0.15, 0.2) is 0 Å². The van der Waals surface area contributed by atoms with Gasteiger partial charge in [-0.2, -0.15) is 0 Å². The molecule has 1 aromatic rings. The van der Waals surface area contributed by atoms with Gasteiger partial charge in [0.05, 0.1) is 0 Å². The van der Waals surface area contributed by atoms with Crippen LogP contribution >= 0.6 is 0 Å². The molecule has 2 N–H and O–H groups in total. The van der Waals surface area contributed by atoms with Crippen LogP contribution in [0.3, 0.4) is 0 Å². The fourth-order valence-corrected chi connectivity index (χ4v) is 4.79. The summed E-state index contributed by atoms with van der Waals surface area (Å²) in [6.45, 7) is 0.399. The third-order valence-corrected chi connectivity index (χ3v) is 5.32. The third kappa shape index (κ3) is 1.93. The number of nitrogens with zero attached hydrogens (tertiary/aromatic N) is 2. The second-order valence-corrected chi connectivity index (χ2v) is 6.53. The summed E-state index contributed by atoms with van der Waals surface area (Å²) >= 11 is 0. The number of ether oxygens (including phenoxy) is 1. The highest BCUT2D eigenvalue weighted by Gasteiger charge is 2.49. The lowest BCUT2D eigenvalue weighted by Crippen LogP contribution is -2.50. The van der Waals surface area contributed by atoms with Gasteiger partial charge in [-0.15, -0.1) is 0 Å². The Labute approximate surface area is 113 Å². The van der Waals surface area contributed by atoms with Gasteiger partial charge < -0.3 is 10.5 Å². The second kappa shape index (κ2) is 4.44. The van der Waals surface area contributed by atoms with E-state index in [4.69, 9.17) is 10.5 Å². The first kappa shape index (κ1) is 11.6. The van der Waals surface area contributed by atoms with Crippen LogP contribution in [0.1, 0.15) is 37.8 Å². The minimum absolute atomic E-state index is 0.356. The molecule has 0 unspecified atom stereocenters. The SMILES string of the molecule is NCc1nccnc1OC1C2CC3CC(C2)CC1C3. The number of aromatic nitrogens is 2. The first-order chi connectivity index (χ1) is 9.33. The van der Waals surface area contributed by atoms with Crippen molar-refractivity contribution >= 4 is 0 Å². The largest absolute Gasteiger partial charge is 0.472 e. The quantitative estimate of drug-likeness (QED) is 0.903. The zero-order valence-corrected chi connectivity index (χ0v) is 11.2. The van der Waals surface area contributed by atoms with Gasteiger partial charge in [0.25, 0.3) is 0 Å². The van der Waals surface area contributed by atoms with Crippen LogP contribution in [-0.2, 0) is 6.54 Å². The molecule has 0 amide bonds. The van der Waals surface area contributed by atoms with E-state index in [1.54, 1.807) is 12.4 Å². The molecule has 4 nitrogen and oxygen atoms in total. The van der Waals surface area contributed by atoms with Crippen LogP contribution in [0.2, 0.25) is 0 Å². The average Bonchev–Trinajstić information content (AvgIpc) is 2.42. The van der Waals surface area contributed by atoms with E-state index in [1.165, 1.54) is 32.1 Å². The summed E-state index contributed by atoms with van der Waals surface area (Å²) in [5, 5.41) is 0. The van der Waals surface area contributed by atoms with Crippen molar-refractivity contribution in [2.45, 2.75) is 44.8 Å². The van der Waals surface area contributed by atoms with Crippen LogP contribution < -0.4 is 10.5 Å². The zero-order chi connectivity index (χ0) is 12.8. The molecule has 4 aliphatic rings. The smallest absolute Gasteiger partial charge is 0.237 e. The topological polar surface area (TPSA) is 61.0 Å². The molecule has 0 radical (unpaired) electrons. The van der Waals surface area contributed by atoms with Gasteiger partial charge >= 0.3 is 0 Å². The molecule has 0 atom stereocenters. The van der Waals surface area contributed by atoms with Gasteiger partial charge in [-0.25, -0.2) is 4.98 Å². The minimum atomic E-state index is 0.356. The molecule has 5 rings (SSSR count). The maximum Gasteiger partial charge on any atom is 0.237 e. The molecular weight excluding hydrogens is 238 g/mol. The van der Waals surface area contributed by atoms with Gasteiger partial charge in [-0.1, -0.05) is 0 Å². The van der Waals surface area contributed by atoms with Crippen LogP contribution in [0.25, 0.3) is 0 Å². The molecule has 4 saturated carbocycles. The van der Waals surface area contributed by atoms with E-state index in [-0.39, 0.29) is 0 Å². The van der Waals surface area contributed by atoms with Crippen molar-refractivity contribution in [3.63, 3.8) is 0 Å². The first-order valence-corrected chi connectivity index (χ1v) is 7.50. The van der Waals surface area contributed by atoms with Crippen LogP contribution in [0.4, 0.5) is 0 Å². The fourth-order valence-electron chi connectivity index (χ4n) is 4.79. The molecule has 4 heteroatoms. The molecule has 0 aromatic carbocycles. The predicted octanol–water partition coefficient (Wildman–Crippen LogP) is 2.14. The summed E-state index contributed by atoms with van der Waals surface area (Å²) in [6, 6.07) is 0. The van der Waals surface area contributed by atoms with Crippen molar-refractivity contribution in [3.8, 4) is 5.88 Å². The molecule has 19 heavy (non-hydrogen) atoms. The summed E-state index contributed by atoms with van der Waals surface area (Å²) < 4.78 is 6.26. The lowest BCUT2D eigenvalue weighted by molar-refractivity contribution is -0.0809. The minimum Gasteiger partial charge on any atom is -0.472 e. The molecular formula is C15H21N3O. The Morgan fingerprint density at radius 2 is 1.63 bits per heavy atom. The number of nitrogens with two attached hydrogens (primary N) is 1. The highest BCUT2D eigenvalue weighted by molar-refractivity contribution is 5.18. The van der Waals surface area contributed by atoms with Crippen LogP contribution in [0.5, 0.6) is 5.88 Å². The Balaban J connectivity index is 1.57. The monoisotopic (exact) mass is 259 g/mol. The Morgan fingerprint density at radius 1 is 1.00 bits per heavy atom. The van der Waals surface area contributed by atoms with Crippen molar-refractivity contribution in [1.29, 1.82) is 0 Å². The Morgan fingerprint density at radius 3 is 2.26 bits per heavy atom. The number of rotatable bonds is 3. The maximum absolute atomic E-state index is 6.26. The van der Waals surface area contributed by atoms with Crippen molar-refractivity contribution in [2.24, 2.45) is 29.4 Å². The van der Waals surface area contributed by atoms with Crippen LogP contribution in [0.15, 0.2) is 12.4 Å². The molecule has 4 bridgehead atoms. The molecule has 102 valence electrons. The molecule has 4 fully saturated rings. The highest BCUT2D eigenvalue weighted by Crippen LogP contribution is 2.54. The molecule has 0 spiro atoms. The van der Waals surface area contributed by atoms with Crippen molar-refractivity contribution in [1.82, 2.24) is 9.97 Å². The van der Waals surface area contributed by atoms with Crippen LogP contribution in [-0.4, -0.2) is 16.1 Å². The summed E-state index contributed by atoms with van der Waals surface area (Å²) in [7, 11) is 0. The molecule has 4 aliphatic carbocycles. The van der Waals surface area contributed by atoms with Gasteiger partial charge in [0.2, 0.25) is 5.88 Å². The van der Waals surface area contributed by atoms with E-state index >= 15 is 0 Å². The molecule has 0 saturated heterocycles. The average molecular weight is 259 g/mol. The van der Waals surface area contributed by atoms with Gasteiger partial charge in [0.1, 0.15) is 11.8 Å². The van der Waals surface area contributed by atoms with Crippen molar-refractivity contribution < 1.29 is 4.74 Å². The van der Waals surface area contributed by atoms with E-state index in [0.717, 1.165) is 29.4 Å². The summed E-state index contributed by atoms with van der Waals surface area (Å²) in [5.41, 5.74) is 6.51. The fraction of sp³-hybridized carbons (Fsp3) is 0.733. The van der Waals surface area contributed by atoms with E-state index < -0.39 is 0 Å². The van der Waals surface area contributed by atoms with Gasteiger partial charge in [-0.05, 0) is 55.8 Å². The molecule has 0 aliphatic heterocycles. The number of hydrogen-bond acceptors (Lipinski definition) is 4. The predicted molar refractivity (Wildman–Crippen MR) is 71.4 cm³/mol. The third-order valence-electron chi connectivity index (χ3n) is 5.32. The van der Waals surface area contributed by atoms with Gasteiger partial charge in [0, 0.05) is 18.9 Å². The van der Waals surface area contributed by atoms with Crippen LogP contribution in [0, 0.1) is 23.7 Å². The standard InChI is InChI=1S/C15H21N3O/c16-8-13-15(18-2-1-17-13)19-14-11-4-9-3-10(6-11)7-12(14)5-9/h1-2,9-12,14H,3-8,16H2. The molecule has 1 aromatic heterocycles. The summed E-state index contributed by atoms with van der Waals surface area (Å²) in [4.78, 5) is 8.60. The van der Waals surface area contributed by atoms with E-state index in [1.807, 2.05) is 0 Å². The lowest BCUT2D eigenvalue weighted by Gasteiger charge is -2.53. The first-order valence-electron chi connectivity index (χ1n) is 7.50. The van der Waals surface area contributed by atoms with E-state index in [0.29, 0.717) is 18.5 Å². The molecule has 1 heterocycles. The van der Waals surface area contributed by atoms with Crippen molar-refractivity contribution in [3.05, 3.63) is 18.1 Å². The number of hydrogen-bond donors (Lipinski definition) is 1. The maximum atomic E-state index is 6.26. The van der Waals surface area contributed by atoms with E-state index in [9.17, 15) is 0 Å². The Hall–Kier alpha value is -1.16. The summed E-state index contributed by atoms with van der Waals surface area (Å²) in [5.74, 6) is 4.09. The normalized spacial score (nSPS) is 39.5. The van der Waals surface area contributed by atoms with Gasteiger partial charge in [-0.3, -0.25) is 4.98 Å². The Bertz CT molecular complexity index is 448. The lowest BCUT2D eigenvalue weighted by atomic mass is 9.55. The zero-order valence-electron chi connectivity index (χ0n) is 11.2.